The van der Waals surface area contributed by atoms with Crippen LogP contribution in [-0.4, -0.2) is 21.0 Å². The second-order valence-corrected chi connectivity index (χ2v) is 6.77. The zero-order valence-corrected chi connectivity index (χ0v) is 15.4. The highest BCUT2D eigenvalue weighted by Crippen LogP contribution is 2.35. The van der Waals surface area contributed by atoms with Crippen LogP contribution in [0.1, 0.15) is 11.1 Å². The van der Waals surface area contributed by atoms with Crippen molar-refractivity contribution in [1.29, 1.82) is 0 Å². The Kier molecular flexibility index (Phi) is 4.66. The molecule has 4 rings (SSSR count). The third kappa shape index (κ3) is 4.03. The number of aromatic nitrogens is 2. The first-order valence-corrected chi connectivity index (χ1v) is 8.88. The summed E-state index contributed by atoms with van der Waals surface area (Å²) < 4.78 is 42.4. The van der Waals surface area contributed by atoms with E-state index in [1.165, 1.54) is 12.1 Å². The molecule has 1 N–H and O–H groups in total. The summed E-state index contributed by atoms with van der Waals surface area (Å²) >= 11 is 0. The van der Waals surface area contributed by atoms with Crippen LogP contribution in [0, 0.1) is 6.92 Å². The first kappa shape index (κ1) is 18.9. The van der Waals surface area contributed by atoms with Crippen molar-refractivity contribution in [2.75, 3.05) is 0 Å². The van der Waals surface area contributed by atoms with Crippen LogP contribution in [0.4, 0.5) is 13.2 Å². The van der Waals surface area contributed by atoms with E-state index in [0.29, 0.717) is 6.54 Å². The number of halogens is 3. The van der Waals surface area contributed by atoms with Gasteiger partial charge in [0.25, 0.3) is 0 Å². The fraction of sp³-hybridized carbons (Fsp3) is 0.136. The molecule has 2 aromatic heterocycles. The Bertz CT molecular complexity index is 1150. The summed E-state index contributed by atoms with van der Waals surface area (Å²) in [5, 5.41) is 12.3. The van der Waals surface area contributed by atoms with Gasteiger partial charge in [-0.2, -0.15) is 0 Å². The maximum absolute atomic E-state index is 12.3. The van der Waals surface area contributed by atoms with Gasteiger partial charge in [-0.15, -0.1) is 13.2 Å². The van der Waals surface area contributed by atoms with Gasteiger partial charge in [0, 0.05) is 29.4 Å². The smallest absolute Gasteiger partial charge is 0.494 e. The van der Waals surface area contributed by atoms with E-state index >= 15 is 0 Å². The maximum atomic E-state index is 12.3. The number of aromatic hydroxyl groups is 1. The fourth-order valence-corrected chi connectivity index (χ4v) is 3.42. The number of nitrogens with zero attached hydrogens (tertiary/aromatic N) is 2. The van der Waals surface area contributed by atoms with Gasteiger partial charge in [0.1, 0.15) is 5.75 Å². The van der Waals surface area contributed by atoms with Crippen molar-refractivity contribution in [2.45, 2.75) is 19.8 Å². The van der Waals surface area contributed by atoms with Crippen LogP contribution in [-0.2, 0) is 6.54 Å². The summed E-state index contributed by atoms with van der Waals surface area (Å²) in [6.45, 7) is 2.25. The minimum atomic E-state index is -4.72. The lowest BCUT2D eigenvalue weighted by Crippen LogP contribution is -2.17. The van der Waals surface area contributed by atoms with Gasteiger partial charge < -0.3 is 14.4 Å². The number of hydrogen-bond donors (Lipinski definition) is 1. The van der Waals surface area contributed by atoms with Crippen molar-refractivity contribution in [2.24, 2.45) is 0 Å². The predicted molar refractivity (Wildman–Crippen MR) is 104 cm³/mol. The van der Waals surface area contributed by atoms with Crippen LogP contribution in [0.3, 0.4) is 0 Å². The lowest BCUT2D eigenvalue weighted by atomic mass is 10.0. The molecule has 2 aromatic carbocycles. The normalized spacial score (nSPS) is 11.7. The Morgan fingerprint density at radius 2 is 1.69 bits per heavy atom. The Morgan fingerprint density at radius 3 is 2.34 bits per heavy atom. The van der Waals surface area contributed by atoms with E-state index in [1.807, 2.05) is 37.4 Å². The Balaban J connectivity index is 1.65. The summed E-state index contributed by atoms with van der Waals surface area (Å²) in [7, 11) is 0. The van der Waals surface area contributed by atoms with Crippen molar-refractivity contribution in [1.82, 2.24) is 9.55 Å². The molecule has 29 heavy (non-hydrogen) atoms. The topological polar surface area (TPSA) is 47.3 Å². The molecule has 4 aromatic rings. The van der Waals surface area contributed by atoms with Gasteiger partial charge in [0.2, 0.25) is 0 Å². The Morgan fingerprint density at radius 1 is 1.00 bits per heavy atom. The molecular weight excluding hydrogens is 381 g/mol. The number of hydrogen-bond acceptors (Lipinski definition) is 3. The molecule has 0 spiro atoms. The molecule has 0 radical (unpaired) electrons. The van der Waals surface area contributed by atoms with Gasteiger partial charge in [-0.25, -0.2) is 0 Å². The second-order valence-electron chi connectivity index (χ2n) is 6.77. The van der Waals surface area contributed by atoms with Crippen molar-refractivity contribution in [3.05, 3.63) is 78.2 Å². The summed E-state index contributed by atoms with van der Waals surface area (Å²) in [6.07, 6.45) is 0.567. The highest BCUT2D eigenvalue weighted by atomic mass is 19.4. The molecule has 0 aliphatic heterocycles. The summed E-state index contributed by atoms with van der Waals surface area (Å²) in [6, 6.07) is 13.4. The third-order valence-corrected chi connectivity index (χ3v) is 4.68. The van der Waals surface area contributed by atoms with E-state index < -0.39 is 6.36 Å². The van der Waals surface area contributed by atoms with Gasteiger partial charge in [-0.1, -0.05) is 18.2 Å². The molecule has 0 bridgehead atoms. The number of benzene rings is 2. The van der Waals surface area contributed by atoms with Crippen LogP contribution in [0.2, 0.25) is 0 Å². The minimum Gasteiger partial charge on any atom is -0.494 e. The van der Waals surface area contributed by atoms with Crippen LogP contribution in [0.25, 0.3) is 21.9 Å². The van der Waals surface area contributed by atoms with Crippen molar-refractivity contribution < 1.29 is 23.0 Å². The van der Waals surface area contributed by atoms with Crippen molar-refractivity contribution >= 4 is 10.8 Å². The van der Waals surface area contributed by atoms with E-state index in [4.69, 9.17) is 0 Å². The maximum Gasteiger partial charge on any atom is 0.573 e. The zero-order chi connectivity index (χ0) is 20.6. The summed E-state index contributed by atoms with van der Waals surface area (Å²) in [5.74, 6) is -0.157. The van der Waals surface area contributed by atoms with Gasteiger partial charge in [-0.3, -0.25) is 4.98 Å². The number of alkyl halides is 3. The second kappa shape index (κ2) is 7.16. The summed E-state index contributed by atoms with van der Waals surface area (Å²) in [5.41, 5.74) is 3.71. The van der Waals surface area contributed by atoms with Gasteiger partial charge in [0.05, 0.1) is 6.54 Å². The van der Waals surface area contributed by atoms with E-state index in [9.17, 15) is 18.3 Å². The molecule has 0 fully saturated rings. The summed E-state index contributed by atoms with van der Waals surface area (Å²) in [4.78, 5) is 4.03. The van der Waals surface area contributed by atoms with Gasteiger partial charge in [-0.05, 0) is 59.5 Å². The molecule has 148 valence electrons. The number of pyridine rings is 1. The quantitative estimate of drug-likeness (QED) is 0.482. The number of fused-ring (bicyclic) bond motifs is 1. The molecule has 7 heteroatoms. The molecule has 0 unspecified atom stereocenters. The molecule has 0 saturated carbocycles. The molecule has 0 aliphatic carbocycles. The Hall–Kier alpha value is -3.48. The number of aryl methyl sites for hydroxylation is 1. The van der Waals surface area contributed by atoms with E-state index in [2.05, 4.69) is 9.72 Å². The average Bonchev–Trinajstić information content (AvgIpc) is 2.99. The average molecular weight is 398 g/mol. The lowest BCUT2D eigenvalue weighted by Gasteiger charge is -2.10. The number of ether oxygens (including phenoxy) is 1. The standard InChI is InChI=1S/C22H17F3N2O2/c1-14-10-17(16-6-8-26-9-7-16)11-18-13-27(21(28)20(14)18)12-15-2-4-19(5-3-15)29-22(23,24)25/h2-11,13,28H,12H2,1H3. The molecule has 0 atom stereocenters. The third-order valence-electron chi connectivity index (χ3n) is 4.68. The molecule has 2 heterocycles. The highest BCUT2D eigenvalue weighted by Gasteiger charge is 2.30. The first-order chi connectivity index (χ1) is 13.8. The largest absolute Gasteiger partial charge is 0.573 e. The first-order valence-electron chi connectivity index (χ1n) is 8.88. The zero-order valence-electron chi connectivity index (χ0n) is 15.4. The van der Waals surface area contributed by atoms with Gasteiger partial charge >= 0.3 is 6.36 Å². The van der Waals surface area contributed by atoms with Crippen LogP contribution in [0.15, 0.2) is 67.1 Å². The monoisotopic (exact) mass is 398 g/mol. The van der Waals surface area contributed by atoms with Crippen molar-refractivity contribution in [3.63, 3.8) is 0 Å². The minimum absolute atomic E-state index is 0.120. The van der Waals surface area contributed by atoms with Crippen molar-refractivity contribution in [3.8, 4) is 22.8 Å². The fourth-order valence-electron chi connectivity index (χ4n) is 3.42. The number of rotatable bonds is 4. The molecule has 0 saturated heterocycles. The highest BCUT2D eigenvalue weighted by molar-refractivity contribution is 5.94. The SMILES string of the molecule is Cc1cc(-c2ccncc2)cc2cn(Cc3ccc(OC(F)(F)F)cc3)c(O)c12. The molecule has 0 amide bonds. The van der Waals surface area contributed by atoms with E-state index in [1.54, 1.807) is 29.1 Å². The van der Waals surface area contributed by atoms with E-state index in [-0.39, 0.29) is 11.6 Å². The van der Waals surface area contributed by atoms with Gasteiger partial charge in [0.15, 0.2) is 5.88 Å². The Labute approximate surface area is 164 Å². The lowest BCUT2D eigenvalue weighted by molar-refractivity contribution is -0.274. The predicted octanol–water partition coefficient (Wildman–Crippen LogP) is 5.66. The molecular formula is C22H17F3N2O2. The molecule has 4 nitrogen and oxygen atoms in total. The van der Waals surface area contributed by atoms with Crippen LogP contribution >= 0.6 is 0 Å². The van der Waals surface area contributed by atoms with Crippen LogP contribution < -0.4 is 4.74 Å². The van der Waals surface area contributed by atoms with Crippen LogP contribution in [0.5, 0.6) is 11.6 Å². The molecule has 0 aliphatic rings. The van der Waals surface area contributed by atoms with E-state index in [0.717, 1.165) is 33.0 Å².